The van der Waals surface area contributed by atoms with Gasteiger partial charge in [-0.05, 0) is 37.6 Å². The molecule has 0 aliphatic rings. The number of aryl methyl sites for hydroxylation is 1. The van der Waals surface area contributed by atoms with Crippen LogP contribution in [0.5, 0.6) is 5.75 Å². The van der Waals surface area contributed by atoms with Crippen molar-refractivity contribution in [3.05, 3.63) is 65.2 Å². The highest BCUT2D eigenvalue weighted by Gasteiger charge is 2.13. The molecule has 0 radical (unpaired) electrons. The number of hydrogen-bond acceptors (Lipinski definition) is 3. The second-order valence-corrected chi connectivity index (χ2v) is 5.47. The average Bonchev–Trinajstić information content (AvgIpc) is 2.60. The second kappa shape index (κ2) is 8.72. The van der Waals surface area contributed by atoms with Gasteiger partial charge in [0, 0.05) is 5.56 Å². The summed E-state index contributed by atoms with van der Waals surface area (Å²) < 4.78 is 5.63. The van der Waals surface area contributed by atoms with E-state index < -0.39 is 5.91 Å². The molecule has 5 heteroatoms. The Labute approximate surface area is 142 Å². The van der Waals surface area contributed by atoms with Crippen LogP contribution in [0.2, 0.25) is 0 Å². The Bertz CT molecular complexity index is 696. The predicted molar refractivity (Wildman–Crippen MR) is 93.0 cm³/mol. The Hall–Kier alpha value is -2.82. The number of amides is 2. The maximum atomic E-state index is 12.3. The topological polar surface area (TPSA) is 67.4 Å². The number of ether oxygens (including phenoxy) is 1. The summed E-state index contributed by atoms with van der Waals surface area (Å²) in [4.78, 5) is 24.3. The van der Waals surface area contributed by atoms with Crippen LogP contribution in [0.4, 0.5) is 0 Å². The first-order chi connectivity index (χ1) is 11.6. The van der Waals surface area contributed by atoms with Crippen molar-refractivity contribution in [3.63, 3.8) is 0 Å². The number of para-hydroxylation sites is 1. The zero-order valence-electron chi connectivity index (χ0n) is 14.0. The second-order valence-electron chi connectivity index (χ2n) is 5.47. The van der Waals surface area contributed by atoms with E-state index >= 15 is 0 Å². The molecule has 2 rings (SSSR count). The summed E-state index contributed by atoms with van der Waals surface area (Å²) in [5, 5.41) is 0. The molecule has 2 aromatic rings. The van der Waals surface area contributed by atoms with Gasteiger partial charge >= 0.3 is 0 Å². The average molecular weight is 326 g/mol. The van der Waals surface area contributed by atoms with Crippen LogP contribution < -0.4 is 15.6 Å². The molecular formula is C19H22N2O3. The van der Waals surface area contributed by atoms with Gasteiger partial charge in [-0.1, -0.05) is 43.2 Å². The molecule has 0 aliphatic heterocycles. The molecule has 0 spiro atoms. The number of carbonyl (C=O) groups excluding carboxylic acids is 2. The molecule has 0 saturated carbocycles. The van der Waals surface area contributed by atoms with E-state index in [-0.39, 0.29) is 5.91 Å². The minimum atomic E-state index is -0.414. The molecule has 0 fully saturated rings. The van der Waals surface area contributed by atoms with Crippen LogP contribution in [0.15, 0.2) is 48.5 Å². The Balaban J connectivity index is 1.97. The Kier molecular flexibility index (Phi) is 6.37. The lowest BCUT2D eigenvalue weighted by atomic mass is 10.1. The Morgan fingerprint density at radius 2 is 1.62 bits per heavy atom. The van der Waals surface area contributed by atoms with Crippen molar-refractivity contribution in [2.75, 3.05) is 6.61 Å². The van der Waals surface area contributed by atoms with Crippen molar-refractivity contribution >= 4 is 11.8 Å². The molecule has 5 nitrogen and oxygen atoms in total. The zero-order chi connectivity index (χ0) is 17.4. The van der Waals surface area contributed by atoms with Crippen LogP contribution in [0.25, 0.3) is 0 Å². The van der Waals surface area contributed by atoms with E-state index in [1.807, 2.05) is 25.1 Å². The van der Waals surface area contributed by atoms with Crippen LogP contribution in [-0.4, -0.2) is 18.4 Å². The fourth-order valence-corrected chi connectivity index (χ4v) is 2.06. The van der Waals surface area contributed by atoms with E-state index in [2.05, 4.69) is 17.8 Å². The van der Waals surface area contributed by atoms with Crippen molar-refractivity contribution in [3.8, 4) is 5.75 Å². The van der Waals surface area contributed by atoms with Crippen molar-refractivity contribution < 1.29 is 14.3 Å². The largest absolute Gasteiger partial charge is 0.493 e. The molecule has 2 amide bonds. The number of benzene rings is 2. The number of unbranched alkanes of at least 4 members (excludes halogenated alkanes) is 1. The van der Waals surface area contributed by atoms with Gasteiger partial charge in [0.1, 0.15) is 5.75 Å². The number of hydrogen-bond donors (Lipinski definition) is 2. The lowest BCUT2D eigenvalue weighted by Gasteiger charge is -2.12. The summed E-state index contributed by atoms with van der Waals surface area (Å²) in [6.07, 6.45) is 1.93. The molecule has 0 bridgehead atoms. The molecule has 0 unspecified atom stereocenters. The normalized spacial score (nSPS) is 10.1. The molecule has 2 N–H and O–H groups in total. The lowest BCUT2D eigenvalue weighted by molar-refractivity contribution is 0.0844. The third-order valence-electron chi connectivity index (χ3n) is 3.49. The molecule has 126 valence electrons. The molecule has 0 atom stereocenters. The van der Waals surface area contributed by atoms with Gasteiger partial charge in [-0.3, -0.25) is 20.4 Å². The van der Waals surface area contributed by atoms with Crippen molar-refractivity contribution in [1.82, 2.24) is 10.9 Å². The number of hydrazine groups is 1. The fraction of sp³-hybridized carbons (Fsp3) is 0.263. The summed E-state index contributed by atoms with van der Waals surface area (Å²) in [5.74, 6) is -0.275. The maximum Gasteiger partial charge on any atom is 0.273 e. The van der Waals surface area contributed by atoms with Crippen molar-refractivity contribution in [1.29, 1.82) is 0 Å². The molecule has 2 aromatic carbocycles. The Morgan fingerprint density at radius 3 is 2.33 bits per heavy atom. The van der Waals surface area contributed by atoms with Crippen LogP contribution in [-0.2, 0) is 0 Å². The molecular weight excluding hydrogens is 304 g/mol. The summed E-state index contributed by atoms with van der Waals surface area (Å²) in [5.41, 5.74) is 6.77. The van der Waals surface area contributed by atoms with E-state index in [9.17, 15) is 9.59 Å². The third kappa shape index (κ3) is 4.84. The van der Waals surface area contributed by atoms with E-state index in [0.717, 1.165) is 18.4 Å². The summed E-state index contributed by atoms with van der Waals surface area (Å²) in [6.45, 7) is 4.57. The van der Waals surface area contributed by atoms with Gasteiger partial charge in [0.2, 0.25) is 0 Å². The van der Waals surface area contributed by atoms with E-state index in [0.29, 0.717) is 23.5 Å². The first-order valence-corrected chi connectivity index (χ1v) is 8.01. The molecule has 0 aliphatic carbocycles. The molecule has 24 heavy (non-hydrogen) atoms. The van der Waals surface area contributed by atoms with Gasteiger partial charge in [0.05, 0.1) is 12.2 Å². The number of rotatable bonds is 6. The Morgan fingerprint density at radius 1 is 0.958 bits per heavy atom. The van der Waals surface area contributed by atoms with E-state index in [4.69, 9.17) is 4.74 Å². The van der Waals surface area contributed by atoms with Crippen LogP contribution in [0, 0.1) is 6.92 Å². The lowest BCUT2D eigenvalue weighted by Crippen LogP contribution is -2.41. The fourth-order valence-electron chi connectivity index (χ4n) is 2.06. The maximum absolute atomic E-state index is 12.3. The van der Waals surface area contributed by atoms with Gasteiger partial charge in [0.25, 0.3) is 11.8 Å². The predicted octanol–water partition coefficient (Wildman–Crippen LogP) is 3.25. The zero-order valence-corrected chi connectivity index (χ0v) is 14.0. The standard InChI is InChI=1S/C19H22N2O3/c1-3-4-13-24-17-8-6-5-7-16(17)19(23)21-20-18(22)15-11-9-14(2)10-12-15/h5-12H,3-4,13H2,1-2H3,(H,20,22)(H,21,23). The van der Waals surface area contributed by atoms with Gasteiger partial charge < -0.3 is 4.74 Å². The highest BCUT2D eigenvalue weighted by atomic mass is 16.5. The quantitative estimate of drug-likeness (QED) is 0.632. The van der Waals surface area contributed by atoms with E-state index in [1.54, 1.807) is 30.3 Å². The first-order valence-electron chi connectivity index (χ1n) is 8.01. The van der Waals surface area contributed by atoms with Crippen LogP contribution >= 0.6 is 0 Å². The van der Waals surface area contributed by atoms with Gasteiger partial charge in [-0.2, -0.15) is 0 Å². The summed E-state index contributed by atoms with van der Waals surface area (Å²) in [6, 6.07) is 14.1. The van der Waals surface area contributed by atoms with Crippen molar-refractivity contribution in [2.45, 2.75) is 26.7 Å². The number of nitrogens with one attached hydrogen (secondary N) is 2. The van der Waals surface area contributed by atoms with E-state index in [1.165, 1.54) is 0 Å². The minimum Gasteiger partial charge on any atom is -0.493 e. The monoisotopic (exact) mass is 326 g/mol. The van der Waals surface area contributed by atoms with Gasteiger partial charge in [-0.15, -0.1) is 0 Å². The highest BCUT2D eigenvalue weighted by molar-refractivity contribution is 6.00. The summed E-state index contributed by atoms with van der Waals surface area (Å²) >= 11 is 0. The first kappa shape index (κ1) is 17.5. The van der Waals surface area contributed by atoms with Gasteiger partial charge in [0.15, 0.2) is 0 Å². The number of carbonyl (C=O) groups is 2. The SMILES string of the molecule is CCCCOc1ccccc1C(=O)NNC(=O)c1ccc(C)cc1. The summed E-state index contributed by atoms with van der Waals surface area (Å²) in [7, 11) is 0. The molecule has 0 aromatic heterocycles. The van der Waals surface area contributed by atoms with Gasteiger partial charge in [-0.25, -0.2) is 0 Å². The van der Waals surface area contributed by atoms with Crippen molar-refractivity contribution in [2.24, 2.45) is 0 Å². The third-order valence-corrected chi connectivity index (χ3v) is 3.49. The molecule has 0 saturated heterocycles. The minimum absolute atomic E-state index is 0.368. The highest BCUT2D eigenvalue weighted by Crippen LogP contribution is 2.18. The van der Waals surface area contributed by atoms with Crippen LogP contribution in [0.1, 0.15) is 46.0 Å². The smallest absolute Gasteiger partial charge is 0.273 e. The van der Waals surface area contributed by atoms with Crippen LogP contribution in [0.3, 0.4) is 0 Å². The molecule has 0 heterocycles.